The van der Waals surface area contributed by atoms with Gasteiger partial charge < -0.3 is 0 Å². The van der Waals surface area contributed by atoms with Crippen molar-refractivity contribution < 1.29 is 4.79 Å². The smallest absolute Gasteiger partial charge is 0.164 e. The van der Waals surface area contributed by atoms with Gasteiger partial charge in [0.15, 0.2) is 5.78 Å². The van der Waals surface area contributed by atoms with Gasteiger partial charge in [-0.2, -0.15) is 0 Å². The first-order valence-electron chi connectivity index (χ1n) is 8.35. The molecule has 3 rings (SSSR count). The Hall–Kier alpha value is -1.18. The number of nitrogens with zero attached hydrogens (tertiary/aromatic N) is 1. The number of carbonyl (C=O) groups excluding carboxylic acids is 1. The molecular weight excluding hydrogens is 246 g/mol. The van der Waals surface area contributed by atoms with Crippen LogP contribution < -0.4 is 0 Å². The van der Waals surface area contributed by atoms with Gasteiger partial charge in [0.25, 0.3) is 0 Å². The van der Waals surface area contributed by atoms with Crippen LogP contribution in [0.15, 0.2) is 6.07 Å². The molecule has 1 aromatic heterocycles. The number of hydrogen-bond donors (Lipinski definition) is 0. The second kappa shape index (κ2) is 6.07. The van der Waals surface area contributed by atoms with Crippen molar-refractivity contribution in [1.82, 2.24) is 4.98 Å². The van der Waals surface area contributed by atoms with Crippen LogP contribution in [0.1, 0.15) is 91.5 Å². The molecule has 0 unspecified atom stereocenters. The summed E-state index contributed by atoms with van der Waals surface area (Å²) in [5.41, 5.74) is 4.69. The Bertz CT molecular complexity index is 498. The van der Waals surface area contributed by atoms with Crippen molar-refractivity contribution in [3.8, 4) is 0 Å². The van der Waals surface area contributed by atoms with E-state index in [9.17, 15) is 4.79 Å². The number of aryl methyl sites for hydroxylation is 2. The van der Waals surface area contributed by atoms with Gasteiger partial charge >= 0.3 is 0 Å². The highest BCUT2D eigenvalue weighted by Crippen LogP contribution is 2.35. The molecule has 0 aliphatic heterocycles. The summed E-state index contributed by atoms with van der Waals surface area (Å²) in [4.78, 5) is 17.3. The van der Waals surface area contributed by atoms with E-state index in [1.165, 1.54) is 56.2 Å². The van der Waals surface area contributed by atoms with E-state index >= 15 is 0 Å². The van der Waals surface area contributed by atoms with Gasteiger partial charge in [0.05, 0.1) is 5.69 Å². The van der Waals surface area contributed by atoms with E-state index in [2.05, 4.69) is 6.07 Å². The molecule has 0 N–H and O–H groups in total. The molecule has 0 atom stereocenters. The van der Waals surface area contributed by atoms with E-state index in [0.29, 0.717) is 12.3 Å². The molecule has 0 saturated heterocycles. The zero-order valence-electron chi connectivity index (χ0n) is 12.6. The molecule has 2 aliphatic carbocycles. The van der Waals surface area contributed by atoms with Crippen molar-refractivity contribution in [2.75, 3.05) is 0 Å². The molecule has 20 heavy (non-hydrogen) atoms. The third-order valence-corrected chi connectivity index (χ3v) is 4.94. The lowest BCUT2D eigenvalue weighted by Gasteiger charge is -2.18. The van der Waals surface area contributed by atoms with Crippen LogP contribution in [0.4, 0.5) is 0 Å². The van der Waals surface area contributed by atoms with Crippen molar-refractivity contribution in [2.45, 2.75) is 77.0 Å². The first-order chi connectivity index (χ1) is 9.79. The third kappa shape index (κ3) is 2.65. The average molecular weight is 271 g/mol. The molecule has 0 bridgehead atoms. The highest BCUT2D eigenvalue weighted by molar-refractivity contribution is 5.97. The summed E-state index contributed by atoms with van der Waals surface area (Å²) in [6, 6.07) is 2.18. The van der Waals surface area contributed by atoms with E-state index in [4.69, 9.17) is 4.98 Å². The fraction of sp³-hybridized carbons (Fsp3) is 0.667. The Morgan fingerprint density at radius 3 is 2.60 bits per heavy atom. The number of Topliss-reactive ketones (excluding diaryl/α,β-unsaturated/α-hetero) is 1. The van der Waals surface area contributed by atoms with Gasteiger partial charge in [-0.15, -0.1) is 0 Å². The fourth-order valence-corrected chi connectivity index (χ4v) is 3.77. The van der Waals surface area contributed by atoms with E-state index < -0.39 is 0 Å². The molecule has 2 aliphatic rings. The number of carbonyl (C=O) groups is 1. The Balaban J connectivity index is 2.00. The summed E-state index contributed by atoms with van der Waals surface area (Å²) in [5, 5.41) is 0. The molecule has 2 heteroatoms. The molecule has 2 nitrogen and oxygen atoms in total. The predicted molar refractivity (Wildman–Crippen MR) is 81.3 cm³/mol. The van der Waals surface area contributed by atoms with Gasteiger partial charge in [-0.05, 0) is 43.7 Å². The topological polar surface area (TPSA) is 30.0 Å². The quantitative estimate of drug-likeness (QED) is 0.594. The van der Waals surface area contributed by atoms with Crippen LogP contribution in [-0.4, -0.2) is 10.8 Å². The number of pyridine rings is 1. The highest BCUT2D eigenvalue weighted by Gasteiger charge is 2.25. The predicted octanol–water partition coefficient (Wildman–Crippen LogP) is 4.60. The van der Waals surface area contributed by atoms with E-state index in [1.807, 2.05) is 6.92 Å². The molecule has 1 heterocycles. The maximum atomic E-state index is 12.3. The molecule has 1 aromatic rings. The summed E-state index contributed by atoms with van der Waals surface area (Å²) in [7, 11) is 0. The van der Waals surface area contributed by atoms with Crippen LogP contribution in [0, 0.1) is 0 Å². The lowest BCUT2D eigenvalue weighted by molar-refractivity contribution is 0.0986. The first kappa shape index (κ1) is 13.8. The van der Waals surface area contributed by atoms with Gasteiger partial charge in [0.1, 0.15) is 0 Å². The van der Waals surface area contributed by atoms with Crippen molar-refractivity contribution in [1.29, 1.82) is 0 Å². The Morgan fingerprint density at radius 2 is 1.90 bits per heavy atom. The molecular formula is C18H25NO. The van der Waals surface area contributed by atoms with Gasteiger partial charge in [-0.1, -0.05) is 32.6 Å². The number of hydrogen-bond acceptors (Lipinski definition) is 2. The average Bonchev–Trinajstić information content (AvgIpc) is 2.76. The highest BCUT2D eigenvalue weighted by atomic mass is 16.1. The van der Waals surface area contributed by atoms with E-state index in [1.54, 1.807) is 0 Å². The maximum absolute atomic E-state index is 12.3. The second-order valence-electron chi connectivity index (χ2n) is 6.35. The molecule has 0 amide bonds. The molecule has 0 spiro atoms. The van der Waals surface area contributed by atoms with E-state index in [-0.39, 0.29) is 5.78 Å². The normalized spacial score (nSPS) is 19.6. The lowest BCUT2D eigenvalue weighted by atomic mass is 9.90. The standard InChI is InChI=1S/C18H25NO/c1-2-17(20)15-12-14-10-7-11-16(14)19-18(15)13-8-5-3-4-6-9-13/h12-13H,2-11H2,1H3. The second-order valence-corrected chi connectivity index (χ2v) is 6.35. The molecule has 1 fully saturated rings. The van der Waals surface area contributed by atoms with E-state index in [0.717, 1.165) is 24.1 Å². The summed E-state index contributed by atoms with van der Waals surface area (Å²) < 4.78 is 0. The van der Waals surface area contributed by atoms with Gasteiger partial charge in [-0.3, -0.25) is 9.78 Å². The zero-order chi connectivity index (χ0) is 13.9. The van der Waals surface area contributed by atoms with Crippen LogP contribution in [0.2, 0.25) is 0 Å². The summed E-state index contributed by atoms with van der Waals surface area (Å²) >= 11 is 0. The van der Waals surface area contributed by atoms with Gasteiger partial charge in [0, 0.05) is 23.6 Å². The van der Waals surface area contributed by atoms with Gasteiger partial charge in [-0.25, -0.2) is 0 Å². The maximum Gasteiger partial charge on any atom is 0.164 e. The largest absolute Gasteiger partial charge is 0.294 e. The first-order valence-corrected chi connectivity index (χ1v) is 8.35. The number of aromatic nitrogens is 1. The minimum Gasteiger partial charge on any atom is -0.294 e. The summed E-state index contributed by atoms with van der Waals surface area (Å²) in [6.07, 6.45) is 11.7. The van der Waals surface area contributed by atoms with Crippen molar-refractivity contribution in [3.63, 3.8) is 0 Å². The van der Waals surface area contributed by atoms with Crippen LogP contribution in [-0.2, 0) is 12.8 Å². The number of rotatable bonds is 3. The molecule has 0 radical (unpaired) electrons. The number of ketones is 1. The molecule has 1 saturated carbocycles. The fourth-order valence-electron chi connectivity index (χ4n) is 3.77. The van der Waals surface area contributed by atoms with Gasteiger partial charge in [0.2, 0.25) is 0 Å². The molecule has 108 valence electrons. The minimum atomic E-state index is 0.284. The summed E-state index contributed by atoms with van der Waals surface area (Å²) in [5.74, 6) is 0.806. The van der Waals surface area contributed by atoms with Crippen molar-refractivity contribution >= 4 is 5.78 Å². The Labute approximate surface area is 122 Å². The zero-order valence-corrected chi connectivity index (χ0v) is 12.6. The van der Waals surface area contributed by atoms with Crippen LogP contribution in [0.3, 0.4) is 0 Å². The number of fused-ring (bicyclic) bond motifs is 1. The Kier molecular flexibility index (Phi) is 4.18. The van der Waals surface area contributed by atoms with Crippen molar-refractivity contribution in [3.05, 3.63) is 28.6 Å². The Morgan fingerprint density at radius 1 is 1.15 bits per heavy atom. The monoisotopic (exact) mass is 271 g/mol. The van der Waals surface area contributed by atoms with Crippen LogP contribution >= 0.6 is 0 Å². The minimum absolute atomic E-state index is 0.284. The third-order valence-electron chi connectivity index (χ3n) is 4.94. The van der Waals surface area contributed by atoms with Crippen LogP contribution in [0.25, 0.3) is 0 Å². The summed E-state index contributed by atoms with van der Waals surface area (Å²) in [6.45, 7) is 1.96. The van der Waals surface area contributed by atoms with Crippen molar-refractivity contribution in [2.24, 2.45) is 0 Å². The SMILES string of the molecule is CCC(=O)c1cc2c(nc1C1CCCCCC1)CCC2. The lowest BCUT2D eigenvalue weighted by Crippen LogP contribution is -2.12. The van der Waals surface area contributed by atoms with Crippen LogP contribution in [0.5, 0.6) is 0 Å². The molecule has 0 aromatic carbocycles.